The molecule has 3 N–H and O–H groups in total. The van der Waals surface area contributed by atoms with Gasteiger partial charge in [-0.2, -0.15) is 0 Å². The van der Waals surface area contributed by atoms with Gasteiger partial charge in [-0.1, -0.05) is 0 Å². The van der Waals surface area contributed by atoms with Gasteiger partial charge in [-0.3, -0.25) is 9.79 Å². The maximum Gasteiger partial charge on any atom is 0.223 e. The van der Waals surface area contributed by atoms with Gasteiger partial charge < -0.3 is 16.0 Å². The van der Waals surface area contributed by atoms with E-state index < -0.39 is 0 Å². The summed E-state index contributed by atoms with van der Waals surface area (Å²) in [5.74, 6) is 1.22. The van der Waals surface area contributed by atoms with Gasteiger partial charge in [0.05, 0.1) is 6.54 Å². The normalized spacial score (nSPS) is 14.3. The average Bonchev–Trinajstić information content (AvgIpc) is 3.22. The van der Waals surface area contributed by atoms with Gasteiger partial charge in [-0.05, 0) is 36.8 Å². The van der Waals surface area contributed by atoms with Gasteiger partial charge in [0.25, 0.3) is 0 Å². The Morgan fingerprint density at radius 2 is 2.05 bits per heavy atom. The predicted molar refractivity (Wildman–Crippen MR) is 98.4 cm³/mol. The van der Waals surface area contributed by atoms with Gasteiger partial charge in [-0.15, -0.1) is 35.3 Å². The summed E-state index contributed by atoms with van der Waals surface area (Å²) in [7, 11) is 1.75. The predicted octanol–water partition coefficient (Wildman–Crippen LogP) is 1.87. The smallest absolute Gasteiger partial charge is 0.223 e. The molecular weight excluding hydrogens is 399 g/mol. The lowest BCUT2D eigenvalue weighted by Gasteiger charge is -2.12. The number of halogens is 1. The molecule has 1 amide bonds. The van der Waals surface area contributed by atoms with Gasteiger partial charge in [-0.25, -0.2) is 0 Å². The van der Waals surface area contributed by atoms with Crippen LogP contribution in [0.3, 0.4) is 0 Å². The Hall–Kier alpha value is -0.830. The van der Waals surface area contributed by atoms with Crippen molar-refractivity contribution in [3.8, 4) is 0 Å². The standard InChI is InChI=1S/C14H22N4OS.HI/c1-10-5-8-20-12(10)9-18-14(15-2)17-7-6-16-13(19)11-3-4-11;/h5,8,11H,3-4,6-7,9H2,1-2H3,(H,16,19)(H2,15,17,18);1H. The molecule has 5 nitrogen and oxygen atoms in total. The zero-order chi connectivity index (χ0) is 14.4. The van der Waals surface area contributed by atoms with Crippen molar-refractivity contribution in [3.63, 3.8) is 0 Å². The molecule has 1 heterocycles. The highest BCUT2D eigenvalue weighted by Crippen LogP contribution is 2.28. The van der Waals surface area contributed by atoms with Crippen LogP contribution in [0.25, 0.3) is 0 Å². The molecular formula is C14H23IN4OS. The average molecular weight is 422 g/mol. The van der Waals surface area contributed by atoms with Crippen LogP contribution in [0.2, 0.25) is 0 Å². The van der Waals surface area contributed by atoms with Crippen LogP contribution >= 0.6 is 35.3 Å². The summed E-state index contributed by atoms with van der Waals surface area (Å²) in [6.45, 7) is 4.20. The Morgan fingerprint density at radius 1 is 1.33 bits per heavy atom. The van der Waals surface area contributed by atoms with Gasteiger partial charge in [0, 0.05) is 30.9 Å². The zero-order valence-electron chi connectivity index (χ0n) is 12.4. The molecule has 21 heavy (non-hydrogen) atoms. The molecule has 1 aliphatic carbocycles. The van der Waals surface area contributed by atoms with Gasteiger partial charge >= 0.3 is 0 Å². The molecule has 0 saturated heterocycles. The molecule has 2 rings (SSSR count). The second-order valence-electron chi connectivity index (χ2n) is 4.94. The maximum absolute atomic E-state index is 11.5. The maximum atomic E-state index is 11.5. The number of carbonyl (C=O) groups excluding carboxylic acids is 1. The van der Waals surface area contributed by atoms with Gasteiger partial charge in [0.1, 0.15) is 0 Å². The lowest BCUT2D eigenvalue weighted by molar-refractivity contribution is -0.122. The monoisotopic (exact) mass is 422 g/mol. The number of aliphatic imine (C=N–C) groups is 1. The van der Waals surface area contributed by atoms with Crippen molar-refractivity contribution < 1.29 is 4.79 Å². The molecule has 1 saturated carbocycles. The van der Waals surface area contributed by atoms with Crippen molar-refractivity contribution in [2.75, 3.05) is 20.1 Å². The van der Waals surface area contributed by atoms with Crippen LogP contribution in [0.5, 0.6) is 0 Å². The number of hydrogen-bond acceptors (Lipinski definition) is 3. The van der Waals surface area contributed by atoms with Crippen molar-refractivity contribution in [1.29, 1.82) is 0 Å². The molecule has 7 heteroatoms. The molecule has 0 radical (unpaired) electrons. The summed E-state index contributed by atoms with van der Waals surface area (Å²) in [6, 6.07) is 2.12. The summed E-state index contributed by atoms with van der Waals surface area (Å²) in [5.41, 5.74) is 1.30. The van der Waals surface area contributed by atoms with Crippen molar-refractivity contribution >= 4 is 47.2 Å². The number of aryl methyl sites for hydroxylation is 1. The molecule has 1 fully saturated rings. The molecule has 0 atom stereocenters. The fraction of sp³-hybridized carbons (Fsp3) is 0.571. The van der Waals surface area contributed by atoms with E-state index in [1.54, 1.807) is 18.4 Å². The minimum absolute atomic E-state index is 0. The largest absolute Gasteiger partial charge is 0.355 e. The number of hydrogen-bond donors (Lipinski definition) is 3. The number of amides is 1. The number of nitrogens with zero attached hydrogens (tertiary/aromatic N) is 1. The minimum Gasteiger partial charge on any atom is -0.355 e. The Bertz CT molecular complexity index is 485. The molecule has 1 aromatic heterocycles. The first-order chi connectivity index (χ1) is 9.70. The van der Waals surface area contributed by atoms with Crippen LogP contribution < -0.4 is 16.0 Å². The molecule has 0 spiro atoms. The summed E-state index contributed by atoms with van der Waals surface area (Å²) >= 11 is 1.74. The molecule has 0 bridgehead atoms. The summed E-state index contributed by atoms with van der Waals surface area (Å²) < 4.78 is 0. The highest BCUT2D eigenvalue weighted by atomic mass is 127. The molecule has 118 valence electrons. The molecule has 0 unspecified atom stereocenters. The number of carbonyl (C=O) groups is 1. The van der Waals surface area contributed by atoms with Gasteiger partial charge in [0.15, 0.2) is 5.96 Å². The Morgan fingerprint density at radius 3 is 2.62 bits per heavy atom. The third-order valence-electron chi connectivity index (χ3n) is 3.27. The van der Waals surface area contributed by atoms with E-state index in [1.165, 1.54) is 10.4 Å². The third-order valence-corrected chi connectivity index (χ3v) is 4.30. The van der Waals surface area contributed by atoms with Crippen molar-refractivity contribution in [3.05, 3.63) is 21.9 Å². The molecule has 1 aromatic rings. The summed E-state index contributed by atoms with van der Waals surface area (Å²) in [6.07, 6.45) is 2.09. The summed E-state index contributed by atoms with van der Waals surface area (Å²) in [4.78, 5) is 16.9. The van der Waals surface area contributed by atoms with Crippen LogP contribution in [-0.4, -0.2) is 32.0 Å². The van der Waals surface area contributed by atoms with Crippen LogP contribution in [0.4, 0.5) is 0 Å². The van der Waals surface area contributed by atoms with Crippen molar-refractivity contribution in [2.24, 2.45) is 10.9 Å². The van der Waals surface area contributed by atoms with E-state index >= 15 is 0 Å². The minimum atomic E-state index is 0. The van der Waals surface area contributed by atoms with E-state index in [-0.39, 0.29) is 35.8 Å². The van der Waals surface area contributed by atoms with E-state index in [2.05, 4.69) is 39.3 Å². The summed E-state index contributed by atoms with van der Waals surface area (Å²) in [5, 5.41) is 11.5. The Labute approximate surface area is 147 Å². The third kappa shape index (κ3) is 6.21. The fourth-order valence-corrected chi connectivity index (χ4v) is 2.67. The quantitative estimate of drug-likeness (QED) is 0.284. The fourth-order valence-electron chi connectivity index (χ4n) is 1.83. The number of nitrogens with one attached hydrogen (secondary N) is 3. The topological polar surface area (TPSA) is 65.5 Å². The Balaban J connectivity index is 0.00000220. The molecule has 0 aromatic carbocycles. The van der Waals surface area contributed by atoms with E-state index in [0.717, 1.165) is 25.3 Å². The van der Waals surface area contributed by atoms with Gasteiger partial charge in [0.2, 0.25) is 5.91 Å². The van der Waals surface area contributed by atoms with E-state index in [9.17, 15) is 4.79 Å². The first kappa shape index (κ1) is 18.2. The lowest BCUT2D eigenvalue weighted by atomic mass is 10.3. The number of rotatable bonds is 6. The second kappa shape index (κ2) is 9.24. The van der Waals surface area contributed by atoms with Crippen LogP contribution in [0.15, 0.2) is 16.4 Å². The number of thiophene rings is 1. The number of guanidine groups is 1. The highest BCUT2D eigenvalue weighted by Gasteiger charge is 2.28. The van der Waals surface area contributed by atoms with E-state index in [0.29, 0.717) is 13.1 Å². The second-order valence-corrected chi connectivity index (χ2v) is 5.95. The van der Waals surface area contributed by atoms with E-state index in [1.807, 2.05) is 0 Å². The lowest BCUT2D eigenvalue weighted by Crippen LogP contribution is -2.41. The molecule has 0 aliphatic heterocycles. The van der Waals surface area contributed by atoms with Crippen LogP contribution in [0, 0.1) is 12.8 Å². The molecule has 1 aliphatic rings. The van der Waals surface area contributed by atoms with Crippen LogP contribution in [0.1, 0.15) is 23.3 Å². The first-order valence-corrected chi connectivity index (χ1v) is 7.84. The van der Waals surface area contributed by atoms with Crippen molar-refractivity contribution in [2.45, 2.75) is 26.3 Å². The first-order valence-electron chi connectivity index (χ1n) is 6.96. The SMILES string of the molecule is CN=C(NCCNC(=O)C1CC1)NCc1sccc1C.I. The Kier molecular flexibility index (Phi) is 8.02. The van der Waals surface area contributed by atoms with Crippen molar-refractivity contribution in [1.82, 2.24) is 16.0 Å². The highest BCUT2D eigenvalue weighted by molar-refractivity contribution is 14.0. The van der Waals surface area contributed by atoms with E-state index in [4.69, 9.17) is 0 Å². The van der Waals surface area contributed by atoms with Crippen LogP contribution in [-0.2, 0) is 11.3 Å². The zero-order valence-corrected chi connectivity index (χ0v) is 15.6.